The van der Waals surface area contributed by atoms with Gasteiger partial charge in [0.15, 0.2) is 5.82 Å². The number of phenolic OH excluding ortho intramolecular Hbond substituents is 1. The molecule has 9 heteroatoms. The standard InChI is InChI=1S/C21H19F3N4O2/c22-21(23,24)13-4-5-14(16(29)11-13)17-15-3-1-8-25-18(15)19(27-26-17)28-9-7-20(12-28)6-2-10-30-20/h1,3-5,8,11,29H,2,6-7,9-10,12H2/t20-/m0/s1. The second-order valence-corrected chi connectivity index (χ2v) is 7.81. The van der Waals surface area contributed by atoms with Gasteiger partial charge < -0.3 is 14.7 Å². The SMILES string of the molecule is Oc1cc(C(F)(F)F)ccc1-c1nnc(N2CC[C@@]3(CCCO3)C2)c2ncccc12. The number of aromatic hydroxyl groups is 1. The van der Waals surface area contributed by atoms with Crippen LogP contribution in [0.4, 0.5) is 19.0 Å². The molecule has 0 radical (unpaired) electrons. The van der Waals surface area contributed by atoms with Crippen molar-refractivity contribution in [2.45, 2.75) is 31.0 Å². The number of pyridine rings is 1. The Labute approximate surface area is 170 Å². The Morgan fingerprint density at radius 1 is 1.13 bits per heavy atom. The third-order valence-electron chi connectivity index (χ3n) is 5.90. The zero-order valence-corrected chi connectivity index (χ0v) is 16.0. The molecule has 1 atom stereocenters. The van der Waals surface area contributed by atoms with Crippen LogP contribution in [0.3, 0.4) is 0 Å². The van der Waals surface area contributed by atoms with Gasteiger partial charge in [-0.2, -0.15) is 13.2 Å². The summed E-state index contributed by atoms with van der Waals surface area (Å²) in [5.74, 6) is 0.115. The number of nitrogens with zero attached hydrogens (tertiary/aromatic N) is 4. The van der Waals surface area contributed by atoms with Crippen LogP contribution in [0, 0.1) is 0 Å². The predicted octanol–water partition coefficient (Wildman–Crippen LogP) is 4.18. The summed E-state index contributed by atoms with van der Waals surface area (Å²) in [5, 5.41) is 19.5. The zero-order chi connectivity index (χ0) is 20.9. The monoisotopic (exact) mass is 416 g/mol. The van der Waals surface area contributed by atoms with E-state index in [1.165, 1.54) is 6.07 Å². The lowest BCUT2D eigenvalue weighted by Crippen LogP contribution is -2.32. The van der Waals surface area contributed by atoms with E-state index >= 15 is 0 Å². The summed E-state index contributed by atoms with van der Waals surface area (Å²) in [6, 6.07) is 6.35. The van der Waals surface area contributed by atoms with Gasteiger partial charge in [0.2, 0.25) is 0 Å². The summed E-state index contributed by atoms with van der Waals surface area (Å²) >= 11 is 0. The van der Waals surface area contributed by atoms with Crippen molar-refractivity contribution >= 4 is 16.7 Å². The Hall–Kier alpha value is -2.94. The molecule has 2 aliphatic rings. The highest BCUT2D eigenvalue weighted by atomic mass is 19.4. The van der Waals surface area contributed by atoms with E-state index in [0.717, 1.165) is 38.5 Å². The Kier molecular flexibility index (Phi) is 4.32. The van der Waals surface area contributed by atoms with Crippen LogP contribution in [-0.2, 0) is 10.9 Å². The largest absolute Gasteiger partial charge is 0.507 e. The minimum Gasteiger partial charge on any atom is -0.507 e. The van der Waals surface area contributed by atoms with Crippen LogP contribution in [0.15, 0.2) is 36.5 Å². The molecule has 0 aliphatic carbocycles. The molecule has 5 rings (SSSR count). The minimum absolute atomic E-state index is 0.146. The van der Waals surface area contributed by atoms with Crippen LogP contribution in [0.1, 0.15) is 24.8 Å². The molecule has 0 bridgehead atoms. The number of aromatic nitrogens is 3. The lowest BCUT2D eigenvalue weighted by molar-refractivity contribution is -0.137. The number of benzene rings is 1. The molecule has 2 saturated heterocycles. The van der Waals surface area contributed by atoms with Crippen molar-refractivity contribution in [1.29, 1.82) is 0 Å². The second-order valence-electron chi connectivity index (χ2n) is 7.81. The molecule has 2 aliphatic heterocycles. The first kappa shape index (κ1) is 19.0. The summed E-state index contributed by atoms with van der Waals surface area (Å²) < 4.78 is 44.8. The van der Waals surface area contributed by atoms with Gasteiger partial charge in [0.1, 0.15) is 17.0 Å². The van der Waals surface area contributed by atoms with E-state index in [2.05, 4.69) is 20.1 Å². The van der Waals surface area contributed by atoms with E-state index in [4.69, 9.17) is 4.74 Å². The van der Waals surface area contributed by atoms with Crippen molar-refractivity contribution in [3.05, 3.63) is 42.1 Å². The molecule has 4 heterocycles. The van der Waals surface area contributed by atoms with Crippen LogP contribution in [0.25, 0.3) is 22.2 Å². The molecule has 1 spiro atoms. The van der Waals surface area contributed by atoms with Gasteiger partial charge in [-0.05, 0) is 49.6 Å². The van der Waals surface area contributed by atoms with Crippen molar-refractivity contribution in [2.24, 2.45) is 0 Å². The normalized spacial score (nSPS) is 21.8. The first-order valence-electron chi connectivity index (χ1n) is 9.77. The predicted molar refractivity (Wildman–Crippen MR) is 104 cm³/mol. The summed E-state index contributed by atoms with van der Waals surface area (Å²) in [4.78, 5) is 6.57. The lowest BCUT2D eigenvalue weighted by atomic mass is 10.00. The molecule has 0 saturated carbocycles. The van der Waals surface area contributed by atoms with Crippen LogP contribution >= 0.6 is 0 Å². The number of phenols is 1. The Morgan fingerprint density at radius 3 is 2.73 bits per heavy atom. The first-order chi connectivity index (χ1) is 14.4. The summed E-state index contributed by atoms with van der Waals surface area (Å²) in [6.07, 6.45) is 0.0693. The maximum absolute atomic E-state index is 12.9. The van der Waals surface area contributed by atoms with Gasteiger partial charge in [-0.15, -0.1) is 10.2 Å². The number of hydrogen-bond acceptors (Lipinski definition) is 6. The molecule has 6 nitrogen and oxygen atoms in total. The zero-order valence-electron chi connectivity index (χ0n) is 16.0. The Bertz CT molecular complexity index is 1110. The highest BCUT2D eigenvalue weighted by Crippen LogP contribution is 2.41. The molecular formula is C21H19F3N4O2. The van der Waals surface area contributed by atoms with Gasteiger partial charge in [0, 0.05) is 36.8 Å². The van der Waals surface area contributed by atoms with Crippen LogP contribution in [-0.4, -0.2) is 45.6 Å². The van der Waals surface area contributed by atoms with Gasteiger partial charge in [-0.25, -0.2) is 0 Å². The second kappa shape index (κ2) is 6.80. The van der Waals surface area contributed by atoms with Crippen molar-refractivity contribution in [2.75, 3.05) is 24.6 Å². The van der Waals surface area contributed by atoms with Crippen LogP contribution < -0.4 is 4.90 Å². The first-order valence-corrected chi connectivity index (χ1v) is 9.77. The Balaban J connectivity index is 1.57. The smallest absolute Gasteiger partial charge is 0.416 e. The summed E-state index contributed by atoms with van der Waals surface area (Å²) in [5.41, 5.74) is -0.00429. The van der Waals surface area contributed by atoms with Crippen molar-refractivity contribution in [3.8, 4) is 17.0 Å². The quantitative estimate of drug-likeness (QED) is 0.676. The van der Waals surface area contributed by atoms with Crippen LogP contribution in [0.2, 0.25) is 0 Å². The van der Waals surface area contributed by atoms with Gasteiger partial charge >= 0.3 is 6.18 Å². The molecule has 2 fully saturated rings. The fourth-order valence-electron chi connectivity index (χ4n) is 4.40. The Morgan fingerprint density at radius 2 is 2.00 bits per heavy atom. The van der Waals surface area contributed by atoms with Crippen molar-refractivity contribution in [3.63, 3.8) is 0 Å². The van der Waals surface area contributed by atoms with Gasteiger partial charge in [0.05, 0.1) is 11.2 Å². The lowest BCUT2D eigenvalue weighted by Gasteiger charge is -2.24. The van der Waals surface area contributed by atoms with Crippen molar-refractivity contribution < 1.29 is 23.0 Å². The molecule has 0 unspecified atom stereocenters. The molecular weight excluding hydrogens is 397 g/mol. The van der Waals surface area contributed by atoms with Gasteiger partial charge in [-0.3, -0.25) is 4.98 Å². The van der Waals surface area contributed by atoms with E-state index < -0.39 is 17.5 Å². The van der Waals surface area contributed by atoms with Gasteiger partial charge in [0.25, 0.3) is 0 Å². The number of alkyl halides is 3. The highest BCUT2D eigenvalue weighted by molar-refractivity contribution is 5.98. The number of fused-ring (bicyclic) bond motifs is 1. The van der Waals surface area contributed by atoms with E-state index in [0.29, 0.717) is 35.0 Å². The third-order valence-corrected chi connectivity index (χ3v) is 5.90. The maximum atomic E-state index is 12.9. The number of rotatable bonds is 2. The fourth-order valence-corrected chi connectivity index (χ4v) is 4.40. The molecule has 2 aromatic heterocycles. The number of hydrogen-bond donors (Lipinski definition) is 1. The summed E-state index contributed by atoms with van der Waals surface area (Å²) in [7, 11) is 0. The number of halogens is 3. The average Bonchev–Trinajstić information content (AvgIpc) is 3.36. The van der Waals surface area contributed by atoms with Gasteiger partial charge in [-0.1, -0.05) is 0 Å². The van der Waals surface area contributed by atoms with E-state index in [1.807, 2.05) is 0 Å². The van der Waals surface area contributed by atoms with Crippen molar-refractivity contribution in [1.82, 2.24) is 15.2 Å². The van der Waals surface area contributed by atoms with E-state index in [9.17, 15) is 18.3 Å². The minimum atomic E-state index is -4.54. The molecule has 3 aromatic rings. The molecule has 156 valence electrons. The fraction of sp³-hybridized carbons (Fsp3) is 0.381. The van der Waals surface area contributed by atoms with E-state index in [-0.39, 0.29) is 11.2 Å². The molecule has 1 aromatic carbocycles. The summed E-state index contributed by atoms with van der Waals surface area (Å²) in [6.45, 7) is 2.24. The molecule has 0 amide bonds. The third kappa shape index (κ3) is 3.13. The number of ether oxygens (including phenoxy) is 1. The number of anilines is 1. The topological polar surface area (TPSA) is 71.4 Å². The highest BCUT2D eigenvalue weighted by Gasteiger charge is 2.42. The maximum Gasteiger partial charge on any atom is 0.416 e. The molecule has 30 heavy (non-hydrogen) atoms. The van der Waals surface area contributed by atoms with Crippen LogP contribution in [0.5, 0.6) is 5.75 Å². The molecule has 1 N–H and O–H groups in total. The average molecular weight is 416 g/mol. The van der Waals surface area contributed by atoms with E-state index in [1.54, 1.807) is 18.3 Å².